The van der Waals surface area contributed by atoms with Crippen molar-refractivity contribution in [3.8, 4) is 5.75 Å². The number of amides is 1. The lowest BCUT2D eigenvalue weighted by Gasteiger charge is -2.36. The summed E-state index contributed by atoms with van der Waals surface area (Å²) in [5.74, 6) is 0.819. The molecule has 0 unspecified atom stereocenters. The molecule has 1 saturated heterocycles. The molecule has 1 aliphatic rings. The van der Waals surface area contributed by atoms with Crippen LogP contribution in [-0.2, 0) is 0 Å². The van der Waals surface area contributed by atoms with E-state index in [4.69, 9.17) is 16.3 Å². The summed E-state index contributed by atoms with van der Waals surface area (Å²) in [7, 11) is 1.69. The monoisotopic (exact) mass is 387 g/mol. The van der Waals surface area contributed by atoms with Crippen molar-refractivity contribution in [1.29, 1.82) is 0 Å². The van der Waals surface area contributed by atoms with Crippen LogP contribution in [0.4, 0.5) is 5.69 Å². The number of halogens is 1. The van der Waals surface area contributed by atoms with Crippen molar-refractivity contribution in [2.24, 2.45) is 0 Å². The average Bonchev–Trinajstić information content (AvgIpc) is 2.71. The van der Waals surface area contributed by atoms with Gasteiger partial charge < -0.3 is 15.0 Å². The first-order valence-corrected chi connectivity index (χ1v) is 9.68. The minimum absolute atomic E-state index is 0.0678. The molecule has 0 radical (unpaired) electrons. The molecule has 27 heavy (non-hydrogen) atoms. The van der Waals surface area contributed by atoms with Gasteiger partial charge in [-0.05, 0) is 55.4 Å². The van der Waals surface area contributed by atoms with Crippen LogP contribution in [0.5, 0.6) is 5.75 Å². The van der Waals surface area contributed by atoms with Gasteiger partial charge in [0.15, 0.2) is 0 Å². The van der Waals surface area contributed by atoms with Gasteiger partial charge in [0.05, 0.1) is 7.11 Å². The van der Waals surface area contributed by atoms with Gasteiger partial charge in [-0.3, -0.25) is 9.69 Å². The normalized spacial score (nSPS) is 14.8. The Morgan fingerprint density at radius 3 is 2.52 bits per heavy atom. The van der Waals surface area contributed by atoms with Gasteiger partial charge in [0, 0.05) is 49.0 Å². The quantitative estimate of drug-likeness (QED) is 0.740. The molecule has 6 heteroatoms. The topological polar surface area (TPSA) is 44.8 Å². The summed E-state index contributed by atoms with van der Waals surface area (Å²) in [6.07, 6.45) is 0.939. The van der Waals surface area contributed by atoms with Gasteiger partial charge >= 0.3 is 0 Å². The second kappa shape index (κ2) is 9.62. The first kappa shape index (κ1) is 19.5. The SMILES string of the molecule is COc1ccc(N2CCN(CCCNC(=O)c3cccc(Cl)c3)CC2)cc1. The Hall–Kier alpha value is -2.24. The predicted molar refractivity (Wildman–Crippen MR) is 110 cm³/mol. The zero-order chi connectivity index (χ0) is 19.1. The average molecular weight is 388 g/mol. The molecule has 0 saturated carbocycles. The molecule has 2 aromatic carbocycles. The third-order valence-corrected chi connectivity index (χ3v) is 5.07. The highest BCUT2D eigenvalue weighted by Crippen LogP contribution is 2.20. The van der Waals surface area contributed by atoms with E-state index < -0.39 is 0 Å². The highest BCUT2D eigenvalue weighted by atomic mass is 35.5. The number of methoxy groups -OCH3 is 1. The van der Waals surface area contributed by atoms with E-state index in [0.29, 0.717) is 17.1 Å². The molecule has 3 rings (SSSR count). The number of benzene rings is 2. The maximum Gasteiger partial charge on any atom is 0.251 e. The first-order valence-electron chi connectivity index (χ1n) is 9.31. The number of carbonyl (C=O) groups is 1. The second-order valence-corrected chi connectivity index (χ2v) is 7.08. The van der Waals surface area contributed by atoms with Crippen LogP contribution in [0.3, 0.4) is 0 Å². The number of hydrogen-bond donors (Lipinski definition) is 1. The summed E-state index contributed by atoms with van der Waals surface area (Å²) in [5, 5.41) is 3.55. The zero-order valence-corrected chi connectivity index (χ0v) is 16.4. The van der Waals surface area contributed by atoms with Crippen molar-refractivity contribution in [2.45, 2.75) is 6.42 Å². The lowest BCUT2D eigenvalue weighted by molar-refractivity contribution is 0.0951. The van der Waals surface area contributed by atoms with Crippen molar-refractivity contribution in [3.63, 3.8) is 0 Å². The third kappa shape index (κ3) is 5.62. The summed E-state index contributed by atoms with van der Waals surface area (Å²) in [6.45, 7) is 5.77. The molecule has 0 bridgehead atoms. The van der Waals surface area contributed by atoms with Gasteiger partial charge in [0.2, 0.25) is 0 Å². The Kier molecular flexibility index (Phi) is 6.96. The van der Waals surface area contributed by atoms with E-state index in [-0.39, 0.29) is 5.91 Å². The standard InChI is InChI=1S/C21H26ClN3O2/c1-27-20-8-6-19(7-9-20)25-14-12-24(13-15-25)11-3-10-23-21(26)17-4-2-5-18(22)16-17/h2,4-9,16H,3,10-15H2,1H3,(H,23,26). The zero-order valence-electron chi connectivity index (χ0n) is 15.7. The lowest BCUT2D eigenvalue weighted by Crippen LogP contribution is -2.47. The van der Waals surface area contributed by atoms with Gasteiger partial charge in [-0.2, -0.15) is 0 Å². The summed E-state index contributed by atoms with van der Waals surface area (Å²) in [5.41, 5.74) is 1.85. The second-order valence-electron chi connectivity index (χ2n) is 6.65. The number of carbonyl (C=O) groups excluding carboxylic acids is 1. The van der Waals surface area contributed by atoms with Crippen molar-refractivity contribution < 1.29 is 9.53 Å². The molecule has 1 fully saturated rings. The number of nitrogens with zero attached hydrogens (tertiary/aromatic N) is 2. The number of nitrogens with one attached hydrogen (secondary N) is 1. The van der Waals surface area contributed by atoms with Crippen LogP contribution < -0.4 is 15.0 Å². The fourth-order valence-electron chi connectivity index (χ4n) is 3.26. The van der Waals surface area contributed by atoms with Gasteiger partial charge in [-0.15, -0.1) is 0 Å². The molecule has 1 amide bonds. The van der Waals surface area contributed by atoms with E-state index in [9.17, 15) is 4.79 Å². The Labute approximate surface area is 165 Å². The van der Waals surface area contributed by atoms with Gasteiger partial charge in [-0.1, -0.05) is 17.7 Å². The number of anilines is 1. The van der Waals surface area contributed by atoms with Crippen molar-refractivity contribution in [1.82, 2.24) is 10.2 Å². The highest BCUT2D eigenvalue weighted by molar-refractivity contribution is 6.30. The Balaban J connectivity index is 1.35. The van der Waals surface area contributed by atoms with Gasteiger partial charge in [0.1, 0.15) is 5.75 Å². The Bertz CT molecular complexity index is 743. The van der Waals surface area contributed by atoms with Crippen LogP contribution >= 0.6 is 11.6 Å². The van der Waals surface area contributed by atoms with E-state index in [0.717, 1.165) is 44.9 Å². The molecule has 0 aliphatic carbocycles. The number of piperazine rings is 1. The molecule has 5 nitrogen and oxygen atoms in total. The number of ether oxygens (including phenoxy) is 1. The summed E-state index contributed by atoms with van der Waals surface area (Å²) in [4.78, 5) is 16.9. The smallest absolute Gasteiger partial charge is 0.251 e. The maximum absolute atomic E-state index is 12.1. The molecule has 2 aromatic rings. The summed E-state index contributed by atoms with van der Waals surface area (Å²) >= 11 is 5.93. The van der Waals surface area contributed by atoms with Gasteiger partial charge in [0.25, 0.3) is 5.91 Å². The van der Waals surface area contributed by atoms with E-state index in [1.54, 1.807) is 31.4 Å². The predicted octanol–water partition coefficient (Wildman–Crippen LogP) is 3.29. The van der Waals surface area contributed by atoms with Crippen LogP contribution in [0.1, 0.15) is 16.8 Å². The molecule has 144 valence electrons. The van der Waals surface area contributed by atoms with Crippen LogP contribution in [-0.4, -0.2) is 57.2 Å². The molecule has 1 aliphatic heterocycles. The Morgan fingerprint density at radius 2 is 1.85 bits per heavy atom. The highest BCUT2D eigenvalue weighted by Gasteiger charge is 2.17. The molecule has 0 atom stereocenters. The minimum Gasteiger partial charge on any atom is -0.497 e. The van der Waals surface area contributed by atoms with Crippen LogP contribution in [0.25, 0.3) is 0 Å². The van der Waals surface area contributed by atoms with Crippen molar-refractivity contribution >= 4 is 23.2 Å². The van der Waals surface area contributed by atoms with Gasteiger partial charge in [-0.25, -0.2) is 0 Å². The molecular formula is C21H26ClN3O2. The molecule has 0 spiro atoms. The van der Waals surface area contributed by atoms with Crippen LogP contribution in [0, 0.1) is 0 Å². The van der Waals surface area contributed by atoms with Crippen LogP contribution in [0.15, 0.2) is 48.5 Å². The van der Waals surface area contributed by atoms with E-state index in [1.165, 1.54) is 5.69 Å². The molecular weight excluding hydrogens is 362 g/mol. The fraction of sp³-hybridized carbons (Fsp3) is 0.381. The number of hydrogen-bond acceptors (Lipinski definition) is 4. The molecule has 1 N–H and O–H groups in total. The third-order valence-electron chi connectivity index (χ3n) is 4.83. The largest absolute Gasteiger partial charge is 0.497 e. The summed E-state index contributed by atoms with van der Waals surface area (Å²) < 4.78 is 5.22. The molecule has 0 aromatic heterocycles. The fourth-order valence-corrected chi connectivity index (χ4v) is 3.45. The number of rotatable bonds is 7. The maximum atomic E-state index is 12.1. The van der Waals surface area contributed by atoms with E-state index in [1.807, 2.05) is 12.1 Å². The minimum atomic E-state index is -0.0678. The molecule has 1 heterocycles. The van der Waals surface area contributed by atoms with Crippen molar-refractivity contribution in [3.05, 3.63) is 59.1 Å². The first-order chi connectivity index (χ1) is 13.2. The lowest BCUT2D eigenvalue weighted by atomic mass is 10.2. The van der Waals surface area contributed by atoms with Crippen molar-refractivity contribution in [2.75, 3.05) is 51.3 Å². The van der Waals surface area contributed by atoms with Crippen LogP contribution in [0.2, 0.25) is 5.02 Å². The van der Waals surface area contributed by atoms with E-state index >= 15 is 0 Å². The Morgan fingerprint density at radius 1 is 1.11 bits per heavy atom. The summed E-state index contributed by atoms with van der Waals surface area (Å²) in [6, 6.07) is 15.3. The van der Waals surface area contributed by atoms with E-state index in [2.05, 4.69) is 27.2 Å².